The van der Waals surface area contributed by atoms with Gasteiger partial charge in [-0.3, -0.25) is 0 Å². The third kappa shape index (κ3) is 7.25. The zero-order valence-corrected chi connectivity index (χ0v) is 28.9. The molecule has 0 unspecified atom stereocenters. The molecule has 45 heavy (non-hydrogen) atoms. The maximum atomic E-state index is 12.9. The molecule has 0 saturated heterocycles. The molecule has 11 heteroatoms. The summed E-state index contributed by atoms with van der Waals surface area (Å²) in [4.78, 5) is 24.3. The summed E-state index contributed by atoms with van der Waals surface area (Å²) in [5, 5.41) is 12.1. The number of anilines is 2. The molecule has 242 valence electrons. The highest BCUT2D eigenvalue weighted by Gasteiger charge is 2.36. The van der Waals surface area contributed by atoms with Crippen LogP contribution in [-0.4, -0.2) is 75.7 Å². The number of ether oxygens (including phenoxy) is 3. The Morgan fingerprint density at radius 3 is 2.40 bits per heavy atom. The molecule has 0 radical (unpaired) electrons. The van der Waals surface area contributed by atoms with E-state index in [1.165, 1.54) is 0 Å². The molecule has 0 bridgehead atoms. The number of aliphatic carboxylic acids is 1. The second-order valence-electron chi connectivity index (χ2n) is 13.2. The molecular formula is C34H43ClN4O5S. The summed E-state index contributed by atoms with van der Waals surface area (Å²) < 4.78 is 19.9. The van der Waals surface area contributed by atoms with E-state index in [1.807, 2.05) is 52.0 Å². The van der Waals surface area contributed by atoms with Gasteiger partial charge in [-0.05, 0) is 88.3 Å². The molecule has 3 heterocycles. The van der Waals surface area contributed by atoms with E-state index in [1.54, 1.807) is 12.4 Å². The predicted octanol–water partition coefficient (Wildman–Crippen LogP) is 7.51. The van der Waals surface area contributed by atoms with E-state index in [9.17, 15) is 9.90 Å². The number of hydrogen-bond donors (Lipinski definition) is 1. The van der Waals surface area contributed by atoms with Crippen LogP contribution < -0.4 is 9.64 Å². The molecule has 1 aliphatic rings. The van der Waals surface area contributed by atoms with Crippen molar-refractivity contribution in [1.82, 2.24) is 14.5 Å². The summed E-state index contributed by atoms with van der Waals surface area (Å²) in [5.74, 6) is 0.972. The highest BCUT2D eigenvalue weighted by molar-refractivity contribution is 8.32. The Kier molecular flexibility index (Phi) is 9.43. The van der Waals surface area contributed by atoms with Crippen molar-refractivity contribution in [2.75, 3.05) is 49.4 Å². The molecule has 0 fully saturated rings. The lowest BCUT2D eigenvalue weighted by molar-refractivity contribution is -0.160. The smallest absolute Gasteiger partial charge is 0.337 e. The van der Waals surface area contributed by atoms with Crippen LogP contribution in [0.1, 0.15) is 43.7 Å². The van der Waals surface area contributed by atoms with E-state index < -0.39 is 27.7 Å². The third-order valence-corrected chi connectivity index (χ3v) is 9.40. The van der Waals surface area contributed by atoms with Crippen LogP contribution in [0.25, 0.3) is 22.0 Å². The molecule has 2 aromatic heterocycles. The fraction of sp³-hybridized carbons (Fsp3) is 0.441. The van der Waals surface area contributed by atoms with Gasteiger partial charge in [0.25, 0.3) is 0 Å². The first kappa shape index (κ1) is 33.1. The summed E-state index contributed by atoms with van der Waals surface area (Å²) in [7, 11) is -0.631. The molecule has 0 amide bonds. The van der Waals surface area contributed by atoms with E-state index in [0.29, 0.717) is 35.4 Å². The molecule has 1 atom stereocenters. The molecule has 1 N–H and O–H groups in total. The lowest BCUT2D eigenvalue weighted by Crippen LogP contribution is -2.31. The number of aryl methyl sites for hydroxylation is 1. The maximum absolute atomic E-state index is 12.9. The normalized spacial score (nSPS) is 14.6. The van der Waals surface area contributed by atoms with Gasteiger partial charge in [-0.25, -0.2) is 24.8 Å². The first-order valence-electron chi connectivity index (χ1n) is 14.9. The largest absolute Gasteiger partial charge is 0.479 e. The lowest BCUT2D eigenvalue weighted by Gasteiger charge is -2.35. The zero-order chi connectivity index (χ0) is 32.7. The first-order chi connectivity index (χ1) is 21.1. The van der Waals surface area contributed by atoms with Crippen molar-refractivity contribution in [2.45, 2.75) is 52.9 Å². The predicted molar refractivity (Wildman–Crippen MR) is 184 cm³/mol. The molecule has 4 aromatic rings. The van der Waals surface area contributed by atoms with Crippen LogP contribution in [0.3, 0.4) is 0 Å². The highest BCUT2D eigenvalue weighted by Crippen LogP contribution is 2.49. The van der Waals surface area contributed by atoms with Gasteiger partial charge in [0.2, 0.25) is 5.88 Å². The minimum Gasteiger partial charge on any atom is -0.479 e. The Hall–Kier alpha value is -3.31. The molecule has 0 spiro atoms. The number of nitrogens with zero attached hydrogens (tertiary/aromatic N) is 4. The number of carboxylic acid groups (broad SMARTS) is 1. The van der Waals surface area contributed by atoms with Crippen molar-refractivity contribution in [3.63, 3.8) is 0 Å². The van der Waals surface area contributed by atoms with Crippen molar-refractivity contribution < 1.29 is 24.1 Å². The van der Waals surface area contributed by atoms with Crippen LogP contribution in [0.2, 0.25) is 5.02 Å². The third-order valence-electron chi connectivity index (χ3n) is 7.76. The topological polar surface area (TPSA) is 98.9 Å². The fourth-order valence-corrected chi connectivity index (χ4v) is 6.50. The van der Waals surface area contributed by atoms with Crippen molar-refractivity contribution in [2.24, 2.45) is 0 Å². The Balaban J connectivity index is 1.61. The lowest BCUT2D eigenvalue weighted by atomic mass is 9.87. The van der Waals surface area contributed by atoms with Crippen LogP contribution in [0.15, 0.2) is 42.7 Å². The summed E-state index contributed by atoms with van der Waals surface area (Å²) >= 11 is 6.27. The first-order valence-corrected chi connectivity index (χ1v) is 18.3. The van der Waals surface area contributed by atoms with E-state index in [2.05, 4.69) is 46.2 Å². The van der Waals surface area contributed by atoms with E-state index >= 15 is 0 Å². The Morgan fingerprint density at radius 1 is 1.09 bits per heavy atom. The monoisotopic (exact) mass is 654 g/mol. The summed E-state index contributed by atoms with van der Waals surface area (Å²) in [6, 6.07) is 9.66. The van der Waals surface area contributed by atoms with Gasteiger partial charge in [0.1, 0.15) is 0 Å². The number of carboxylic acids is 1. The number of halogens is 1. The van der Waals surface area contributed by atoms with Crippen LogP contribution in [-0.2, 0) is 20.8 Å². The van der Waals surface area contributed by atoms with Gasteiger partial charge in [-0.1, -0.05) is 23.7 Å². The Labute approximate surface area is 271 Å². The van der Waals surface area contributed by atoms with Crippen molar-refractivity contribution in [3.05, 3.63) is 64.6 Å². The second-order valence-corrected chi connectivity index (χ2v) is 18.3. The van der Waals surface area contributed by atoms with Gasteiger partial charge in [-0.2, -0.15) is 0 Å². The van der Waals surface area contributed by atoms with Crippen molar-refractivity contribution in [1.29, 1.82) is 0 Å². The maximum Gasteiger partial charge on any atom is 0.337 e. The van der Waals surface area contributed by atoms with Crippen LogP contribution in [0.4, 0.5) is 11.5 Å². The van der Waals surface area contributed by atoms with E-state index in [-0.39, 0.29) is 6.79 Å². The number of carbonyl (C=O) groups is 1. The second kappa shape index (κ2) is 12.8. The van der Waals surface area contributed by atoms with Gasteiger partial charge >= 0.3 is 5.97 Å². The molecule has 0 aliphatic carbocycles. The Bertz CT molecular complexity index is 1690. The van der Waals surface area contributed by atoms with Gasteiger partial charge in [-0.15, -0.1) is 0 Å². The summed E-state index contributed by atoms with van der Waals surface area (Å²) in [6.07, 6.45) is 8.84. The van der Waals surface area contributed by atoms with Gasteiger partial charge in [0.05, 0.1) is 35.8 Å². The fourth-order valence-electron chi connectivity index (χ4n) is 5.75. The number of benzene rings is 2. The van der Waals surface area contributed by atoms with Crippen molar-refractivity contribution >= 4 is 50.0 Å². The average molecular weight is 655 g/mol. The minimum atomic E-state index is -1.22. The highest BCUT2D eigenvalue weighted by atomic mass is 35.5. The number of aromatic nitrogens is 3. The SMILES string of the molecule is Cc1c([C@H](OC(C)(C)C)C(=O)O)c(-c2ccc(Cl)cc2)c2cc(C)n3c2c1N(c1cnc(OCOCCS(C)(C)C)cn1)CC3. The van der Waals surface area contributed by atoms with Crippen molar-refractivity contribution in [3.8, 4) is 17.0 Å². The van der Waals surface area contributed by atoms with Gasteiger partial charge in [0.15, 0.2) is 18.7 Å². The molecule has 5 rings (SSSR count). The molecule has 9 nitrogen and oxygen atoms in total. The van der Waals surface area contributed by atoms with Gasteiger partial charge in [0, 0.05) is 40.5 Å². The molecular weight excluding hydrogens is 612 g/mol. The minimum absolute atomic E-state index is 0.111. The molecule has 0 saturated carbocycles. The summed E-state index contributed by atoms with van der Waals surface area (Å²) in [6.45, 7) is 11.8. The average Bonchev–Trinajstić information content (AvgIpc) is 3.29. The van der Waals surface area contributed by atoms with Crippen LogP contribution in [0, 0.1) is 13.8 Å². The molecule has 2 aromatic carbocycles. The van der Waals surface area contributed by atoms with E-state index in [4.69, 9.17) is 30.8 Å². The zero-order valence-electron chi connectivity index (χ0n) is 27.3. The van der Waals surface area contributed by atoms with Crippen LogP contribution >= 0.6 is 21.6 Å². The van der Waals surface area contributed by atoms with Gasteiger partial charge < -0.3 is 28.8 Å². The Morgan fingerprint density at radius 2 is 1.80 bits per heavy atom. The number of rotatable bonds is 11. The standard InChI is InChI=1S/C34H43ClN4O5S/c1-21-17-25-29(23-9-11-24(35)12-10-23)28(32(33(40)41)44-34(3,4)5)22(2)30-31(25)38(21)13-14-39(30)26-18-37-27(19-36-26)43-20-42-15-16-45(6,7)8/h9-12,17-19,32H,13-16,20H2,1-8H3,(H,40,41)/t32-/m0/s1. The summed E-state index contributed by atoms with van der Waals surface area (Å²) in [5.41, 5.74) is 5.38. The molecule has 1 aliphatic heterocycles. The van der Waals surface area contributed by atoms with E-state index in [0.717, 1.165) is 51.3 Å². The van der Waals surface area contributed by atoms with Crippen LogP contribution in [0.5, 0.6) is 5.88 Å². The quantitative estimate of drug-likeness (QED) is 0.131. The number of hydrogen-bond acceptors (Lipinski definition) is 7.